The molecule has 2 N–H and O–H groups in total. The molecule has 13 heteroatoms. The first kappa shape index (κ1) is 23.4. The summed E-state index contributed by atoms with van der Waals surface area (Å²) in [4.78, 5) is 43.4. The minimum Gasteiger partial charge on any atom is -0.460 e. The van der Waals surface area contributed by atoms with Gasteiger partial charge in [-0.25, -0.2) is 9.97 Å². The van der Waals surface area contributed by atoms with E-state index in [2.05, 4.69) is 25.9 Å². The molecule has 0 spiro atoms. The predicted octanol–water partition coefficient (Wildman–Crippen LogP) is 1.36. The number of anilines is 1. The number of aromatic nitrogens is 3. The average molecular weight is 510 g/mol. The van der Waals surface area contributed by atoms with Crippen molar-refractivity contribution in [2.75, 3.05) is 5.73 Å². The zero-order valence-corrected chi connectivity index (χ0v) is 19.2. The van der Waals surface area contributed by atoms with Crippen LogP contribution in [0.5, 0.6) is 0 Å². The Balaban J connectivity index is 2.20. The van der Waals surface area contributed by atoms with Crippen LogP contribution in [0.15, 0.2) is 10.9 Å². The number of nitrogens with zero attached hydrogens (tertiary/aromatic N) is 4. The van der Waals surface area contributed by atoms with Gasteiger partial charge in [-0.05, 0) is 22.9 Å². The van der Waals surface area contributed by atoms with Gasteiger partial charge in [-0.3, -0.25) is 19.0 Å². The molecule has 0 aliphatic carbocycles. The van der Waals surface area contributed by atoms with Gasteiger partial charge in [0.1, 0.15) is 40.7 Å². The number of nitriles is 1. The van der Waals surface area contributed by atoms with E-state index in [1.54, 1.807) is 6.92 Å². The zero-order chi connectivity index (χ0) is 23.7. The van der Waals surface area contributed by atoms with Crippen LogP contribution in [-0.2, 0) is 33.3 Å². The second-order valence-electron chi connectivity index (χ2n) is 7.06. The van der Waals surface area contributed by atoms with Crippen LogP contribution in [0.4, 0.5) is 5.82 Å². The molecular weight excluding hydrogens is 490 g/mol. The summed E-state index contributed by atoms with van der Waals surface area (Å²) >= 11 is 3.36. The van der Waals surface area contributed by atoms with E-state index in [4.69, 9.17) is 24.7 Å². The summed E-state index contributed by atoms with van der Waals surface area (Å²) in [5.74, 6) is -1.83. The Morgan fingerprint density at radius 2 is 1.81 bits per heavy atom. The number of halogens is 1. The zero-order valence-electron chi connectivity index (χ0n) is 17.6. The molecule has 0 saturated carbocycles. The van der Waals surface area contributed by atoms with Crippen molar-refractivity contribution in [1.29, 1.82) is 5.26 Å². The molecule has 170 valence electrons. The molecule has 3 rings (SSSR count). The number of carbonyl (C=O) groups excluding carboxylic acids is 3. The number of fused-ring (bicyclic) bond motifs is 1. The predicted molar refractivity (Wildman–Crippen MR) is 111 cm³/mol. The van der Waals surface area contributed by atoms with Crippen LogP contribution in [0.3, 0.4) is 0 Å². The third-order valence-electron chi connectivity index (χ3n) is 4.76. The highest BCUT2D eigenvalue weighted by atomic mass is 79.9. The van der Waals surface area contributed by atoms with Crippen LogP contribution in [0.25, 0.3) is 11.0 Å². The van der Waals surface area contributed by atoms with E-state index in [9.17, 15) is 19.6 Å². The monoisotopic (exact) mass is 509 g/mol. The molecule has 2 aromatic heterocycles. The third-order valence-corrected chi connectivity index (χ3v) is 5.54. The Labute approximate surface area is 190 Å². The number of esters is 3. The lowest BCUT2D eigenvalue weighted by Gasteiger charge is -2.26. The van der Waals surface area contributed by atoms with Crippen molar-refractivity contribution in [3.05, 3.63) is 16.5 Å². The molecule has 0 unspecified atom stereocenters. The molecule has 2 aromatic rings. The maximum atomic E-state index is 11.9. The lowest BCUT2D eigenvalue weighted by atomic mass is 10.1. The fraction of sp³-hybridized carbons (Fsp3) is 0.474. The smallest absolute Gasteiger partial charge is 0.303 e. The van der Waals surface area contributed by atoms with E-state index in [0.717, 1.165) is 0 Å². The number of nitrogens with two attached hydrogens (primary N) is 1. The Kier molecular flexibility index (Phi) is 6.65. The number of nitrogen functional groups attached to an aromatic ring is 1. The Hall–Kier alpha value is -3.24. The van der Waals surface area contributed by atoms with Crippen molar-refractivity contribution < 1.29 is 33.3 Å². The van der Waals surface area contributed by atoms with Crippen molar-refractivity contribution in [2.45, 2.75) is 58.3 Å². The molecule has 5 atom stereocenters. The molecule has 0 radical (unpaired) electrons. The number of hydrogen-bond donors (Lipinski definition) is 1. The highest BCUT2D eigenvalue weighted by Gasteiger charge is 2.53. The summed E-state index contributed by atoms with van der Waals surface area (Å²) < 4.78 is 23.9. The molecule has 12 nitrogen and oxygen atoms in total. The maximum absolute atomic E-state index is 11.9. The number of carbonyl (C=O) groups is 3. The summed E-state index contributed by atoms with van der Waals surface area (Å²) in [7, 11) is 0. The first-order valence-electron chi connectivity index (χ1n) is 9.43. The van der Waals surface area contributed by atoms with Crippen LogP contribution in [0, 0.1) is 11.3 Å². The van der Waals surface area contributed by atoms with Gasteiger partial charge in [0, 0.05) is 20.8 Å². The summed E-state index contributed by atoms with van der Waals surface area (Å²) in [5.41, 5.74) is 6.33. The second kappa shape index (κ2) is 9.09. The second-order valence-corrected chi connectivity index (χ2v) is 7.81. The molecule has 1 aliphatic heterocycles. The summed E-state index contributed by atoms with van der Waals surface area (Å²) in [6, 6.07) is 2.04. The van der Waals surface area contributed by atoms with Gasteiger partial charge in [-0.1, -0.05) is 0 Å². The molecule has 0 amide bonds. The van der Waals surface area contributed by atoms with Crippen molar-refractivity contribution >= 4 is 50.7 Å². The fourth-order valence-corrected chi connectivity index (χ4v) is 4.34. The molecule has 0 aromatic carbocycles. The van der Waals surface area contributed by atoms with E-state index < -0.39 is 48.6 Å². The Morgan fingerprint density at radius 1 is 1.19 bits per heavy atom. The van der Waals surface area contributed by atoms with E-state index in [1.165, 1.54) is 31.7 Å². The van der Waals surface area contributed by atoms with E-state index in [1.807, 2.05) is 6.07 Å². The highest BCUT2D eigenvalue weighted by Crippen LogP contribution is 2.42. The van der Waals surface area contributed by atoms with E-state index in [-0.39, 0.29) is 27.0 Å². The highest BCUT2D eigenvalue weighted by molar-refractivity contribution is 9.10. The molecule has 1 fully saturated rings. The topological polar surface area (TPSA) is 169 Å². The van der Waals surface area contributed by atoms with Crippen molar-refractivity contribution in [1.82, 2.24) is 14.5 Å². The molecular formula is C19H20BrN5O7. The number of rotatable bonds is 5. The Morgan fingerprint density at radius 3 is 2.38 bits per heavy atom. The van der Waals surface area contributed by atoms with Gasteiger partial charge < -0.3 is 24.7 Å². The fourth-order valence-electron chi connectivity index (χ4n) is 3.68. The number of hydrogen-bond acceptors (Lipinski definition) is 11. The van der Waals surface area contributed by atoms with E-state index >= 15 is 0 Å². The van der Waals surface area contributed by atoms with Gasteiger partial charge >= 0.3 is 17.9 Å². The maximum Gasteiger partial charge on any atom is 0.303 e. The van der Waals surface area contributed by atoms with Crippen LogP contribution in [0.1, 0.15) is 39.5 Å². The molecule has 32 heavy (non-hydrogen) atoms. The largest absolute Gasteiger partial charge is 0.460 e. The van der Waals surface area contributed by atoms with Gasteiger partial charge in [0.15, 0.2) is 18.4 Å². The van der Waals surface area contributed by atoms with Crippen molar-refractivity contribution in [3.8, 4) is 6.07 Å². The first-order valence-corrected chi connectivity index (χ1v) is 10.2. The standard InChI is InChI=1S/C19H20BrN5O7/c1-7(29-8(2)26)13-14(30-9(3)27)15(31-10(4)28)19(32-13)25-16(20)11(5-21)12-17(22)23-6-24-18(12)25/h6-7,13-15,19H,1-4H3,(H2,22,23,24)/t7-,13+,14+,15+,19+/m0/s1. The quantitative estimate of drug-likeness (QED) is 0.455. The summed E-state index contributed by atoms with van der Waals surface area (Å²) in [5, 5.41) is 9.93. The van der Waals surface area contributed by atoms with Gasteiger partial charge in [-0.15, -0.1) is 0 Å². The van der Waals surface area contributed by atoms with Crippen molar-refractivity contribution in [3.63, 3.8) is 0 Å². The van der Waals surface area contributed by atoms with Crippen LogP contribution >= 0.6 is 15.9 Å². The van der Waals surface area contributed by atoms with Gasteiger partial charge in [0.05, 0.1) is 10.9 Å². The van der Waals surface area contributed by atoms with Crippen LogP contribution in [0.2, 0.25) is 0 Å². The molecule has 1 aliphatic rings. The Bertz CT molecular complexity index is 1130. The van der Waals surface area contributed by atoms with Gasteiger partial charge in [-0.2, -0.15) is 5.26 Å². The van der Waals surface area contributed by atoms with Gasteiger partial charge in [0.25, 0.3) is 0 Å². The minimum atomic E-state index is -1.16. The lowest BCUT2D eigenvalue weighted by Crippen LogP contribution is -2.43. The minimum absolute atomic E-state index is 0.0643. The summed E-state index contributed by atoms with van der Waals surface area (Å²) in [6.45, 7) is 5.16. The van der Waals surface area contributed by atoms with Crippen LogP contribution in [-0.4, -0.2) is 56.9 Å². The normalized spacial score (nSPS) is 23.4. The number of ether oxygens (including phenoxy) is 4. The SMILES string of the molecule is CC(=O)O[C@H]1[C@@H](OC(C)=O)[C@H](n2c(Br)c(C#N)c3c(N)ncnc32)O[C@@H]1[C@H](C)OC(C)=O. The van der Waals surface area contributed by atoms with Crippen LogP contribution < -0.4 is 5.73 Å². The molecule has 1 saturated heterocycles. The first-order chi connectivity index (χ1) is 15.1. The summed E-state index contributed by atoms with van der Waals surface area (Å²) in [6.07, 6.45) is -4.04. The average Bonchev–Trinajstić information content (AvgIpc) is 3.15. The molecule has 3 heterocycles. The van der Waals surface area contributed by atoms with Crippen molar-refractivity contribution in [2.24, 2.45) is 0 Å². The lowest BCUT2D eigenvalue weighted by molar-refractivity contribution is -0.169. The molecule has 0 bridgehead atoms. The van der Waals surface area contributed by atoms with Gasteiger partial charge in [0.2, 0.25) is 0 Å². The third kappa shape index (κ3) is 4.23. The van der Waals surface area contributed by atoms with E-state index in [0.29, 0.717) is 0 Å².